The van der Waals surface area contributed by atoms with Gasteiger partial charge in [0.2, 0.25) is 0 Å². The average molecular weight is 287 g/mol. The van der Waals surface area contributed by atoms with Crippen molar-refractivity contribution in [3.63, 3.8) is 0 Å². The maximum absolute atomic E-state index is 5.97. The molecule has 1 fully saturated rings. The van der Waals surface area contributed by atoms with Gasteiger partial charge in [0, 0.05) is 11.9 Å². The molecule has 3 rings (SSSR count). The van der Waals surface area contributed by atoms with Gasteiger partial charge in [-0.3, -0.25) is 4.68 Å². The van der Waals surface area contributed by atoms with Crippen LogP contribution in [0.2, 0.25) is 0 Å². The molecule has 0 aliphatic heterocycles. The lowest BCUT2D eigenvalue weighted by Crippen LogP contribution is -2.22. The molecule has 2 atom stereocenters. The number of hydrogen-bond acceptors (Lipinski definition) is 3. The Morgan fingerprint density at radius 1 is 1.29 bits per heavy atom. The first-order valence-electron chi connectivity index (χ1n) is 8.05. The monoisotopic (exact) mass is 287 g/mol. The molecule has 1 aliphatic carbocycles. The number of benzene rings is 1. The molecule has 4 nitrogen and oxygen atoms in total. The minimum absolute atomic E-state index is 0.599. The first kappa shape index (κ1) is 14.5. The van der Waals surface area contributed by atoms with Crippen molar-refractivity contribution in [3.05, 3.63) is 30.0 Å². The van der Waals surface area contributed by atoms with Crippen LogP contribution in [0.3, 0.4) is 0 Å². The number of aryl methyl sites for hydroxylation is 1. The molecule has 4 heteroatoms. The number of ether oxygens (including phenoxy) is 1. The highest BCUT2D eigenvalue weighted by atomic mass is 16.5. The second-order valence-electron chi connectivity index (χ2n) is 5.98. The third kappa shape index (κ3) is 2.97. The number of nitrogens with zero attached hydrogens (tertiary/aromatic N) is 2. The molecule has 2 N–H and O–H groups in total. The van der Waals surface area contributed by atoms with Crippen LogP contribution in [0.4, 0.5) is 0 Å². The molecule has 114 valence electrons. The maximum Gasteiger partial charge on any atom is 0.0960 e. The van der Waals surface area contributed by atoms with E-state index in [1.165, 1.54) is 30.2 Å². The fraction of sp³-hybridized carbons (Fsp3) is 0.588. The first-order valence-corrected chi connectivity index (χ1v) is 8.05. The smallest absolute Gasteiger partial charge is 0.0960 e. The SMILES string of the molecule is CCn1nc(COCC2CCCC2CN)c2ccccc21. The van der Waals surface area contributed by atoms with Gasteiger partial charge in [0.25, 0.3) is 0 Å². The van der Waals surface area contributed by atoms with E-state index in [4.69, 9.17) is 10.5 Å². The third-order valence-corrected chi connectivity index (χ3v) is 4.72. The fourth-order valence-corrected chi connectivity index (χ4v) is 3.49. The Balaban J connectivity index is 1.65. The zero-order chi connectivity index (χ0) is 14.7. The Hall–Kier alpha value is -1.39. The van der Waals surface area contributed by atoms with E-state index in [1.807, 2.05) is 4.68 Å². The van der Waals surface area contributed by atoms with Gasteiger partial charge in [0.05, 0.1) is 24.4 Å². The van der Waals surface area contributed by atoms with E-state index >= 15 is 0 Å². The quantitative estimate of drug-likeness (QED) is 0.888. The molecule has 0 amide bonds. The molecule has 1 aromatic carbocycles. The summed E-state index contributed by atoms with van der Waals surface area (Å²) in [5.41, 5.74) is 8.08. The van der Waals surface area contributed by atoms with Crippen LogP contribution in [-0.4, -0.2) is 22.9 Å². The van der Waals surface area contributed by atoms with Crippen LogP contribution in [0.15, 0.2) is 24.3 Å². The molecule has 2 unspecified atom stereocenters. The molecule has 0 saturated heterocycles. The van der Waals surface area contributed by atoms with Crippen molar-refractivity contribution in [1.82, 2.24) is 9.78 Å². The van der Waals surface area contributed by atoms with Crippen LogP contribution in [-0.2, 0) is 17.9 Å². The standard InChI is InChI=1S/C17H25N3O/c1-2-20-17-9-4-3-8-15(17)16(19-20)12-21-11-14-7-5-6-13(14)10-18/h3-4,8-9,13-14H,2,5-7,10-12,18H2,1H3. The van der Waals surface area contributed by atoms with Crippen molar-refractivity contribution in [2.75, 3.05) is 13.2 Å². The summed E-state index contributed by atoms with van der Waals surface area (Å²) in [6, 6.07) is 8.38. The highest BCUT2D eigenvalue weighted by molar-refractivity contribution is 5.81. The molecule has 2 aromatic rings. The minimum Gasteiger partial charge on any atom is -0.375 e. The van der Waals surface area contributed by atoms with E-state index in [0.29, 0.717) is 18.4 Å². The van der Waals surface area contributed by atoms with Gasteiger partial charge in [-0.15, -0.1) is 0 Å². The predicted molar refractivity (Wildman–Crippen MR) is 84.9 cm³/mol. The van der Waals surface area contributed by atoms with E-state index in [0.717, 1.165) is 25.4 Å². The van der Waals surface area contributed by atoms with Gasteiger partial charge in [-0.2, -0.15) is 5.10 Å². The summed E-state index contributed by atoms with van der Waals surface area (Å²) in [4.78, 5) is 0. The van der Waals surface area contributed by atoms with Gasteiger partial charge < -0.3 is 10.5 Å². The van der Waals surface area contributed by atoms with E-state index in [-0.39, 0.29) is 0 Å². The zero-order valence-corrected chi connectivity index (χ0v) is 12.8. The second-order valence-corrected chi connectivity index (χ2v) is 5.98. The van der Waals surface area contributed by atoms with Crippen LogP contribution < -0.4 is 5.73 Å². The summed E-state index contributed by atoms with van der Waals surface area (Å²) < 4.78 is 8.02. The molecule has 1 saturated carbocycles. The Kier molecular flexibility index (Phi) is 4.56. The molecule has 1 heterocycles. The van der Waals surface area contributed by atoms with Gasteiger partial charge >= 0.3 is 0 Å². The summed E-state index contributed by atoms with van der Waals surface area (Å²) >= 11 is 0. The Bertz CT molecular complexity index is 593. The number of rotatable bonds is 6. The number of para-hydroxylation sites is 1. The predicted octanol–water partition coefficient (Wildman–Crippen LogP) is 2.95. The van der Waals surface area contributed by atoms with Gasteiger partial charge in [-0.1, -0.05) is 24.6 Å². The third-order valence-electron chi connectivity index (χ3n) is 4.72. The molecule has 0 spiro atoms. The van der Waals surface area contributed by atoms with E-state index in [2.05, 4.69) is 36.3 Å². The van der Waals surface area contributed by atoms with Crippen molar-refractivity contribution in [1.29, 1.82) is 0 Å². The van der Waals surface area contributed by atoms with Crippen LogP contribution >= 0.6 is 0 Å². The highest BCUT2D eigenvalue weighted by Gasteiger charge is 2.26. The summed E-state index contributed by atoms with van der Waals surface area (Å²) in [7, 11) is 0. The lowest BCUT2D eigenvalue weighted by molar-refractivity contribution is 0.0737. The molecule has 0 bridgehead atoms. The zero-order valence-electron chi connectivity index (χ0n) is 12.8. The molecule has 1 aromatic heterocycles. The number of hydrogen-bond donors (Lipinski definition) is 1. The Morgan fingerprint density at radius 2 is 2.10 bits per heavy atom. The van der Waals surface area contributed by atoms with Crippen molar-refractivity contribution in [2.24, 2.45) is 17.6 Å². The molecular formula is C17H25N3O. The van der Waals surface area contributed by atoms with E-state index in [1.54, 1.807) is 0 Å². The lowest BCUT2D eigenvalue weighted by Gasteiger charge is -2.17. The average Bonchev–Trinajstić information content (AvgIpc) is 3.12. The molecule has 21 heavy (non-hydrogen) atoms. The van der Waals surface area contributed by atoms with Crippen molar-refractivity contribution in [3.8, 4) is 0 Å². The summed E-state index contributed by atoms with van der Waals surface area (Å²) in [6.07, 6.45) is 3.81. The van der Waals surface area contributed by atoms with Gasteiger partial charge in [0.15, 0.2) is 0 Å². The van der Waals surface area contributed by atoms with Crippen LogP contribution in [0.5, 0.6) is 0 Å². The number of nitrogens with two attached hydrogens (primary N) is 1. The normalized spacial score (nSPS) is 22.2. The Morgan fingerprint density at radius 3 is 2.90 bits per heavy atom. The van der Waals surface area contributed by atoms with E-state index in [9.17, 15) is 0 Å². The fourth-order valence-electron chi connectivity index (χ4n) is 3.49. The van der Waals surface area contributed by atoms with Crippen LogP contribution in [0.1, 0.15) is 31.9 Å². The number of aromatic nitrogens is 2. The van der Waals surface area contributed by atoms with Gasteiger partial charge in [-0.05, 0) is 44.2 Å². The molecular weight excluding hydrogens is 262 g/mol. The van der Waals surface area contributed by atoms with E-state index < -0.39 is 0 Å². The minimum atomic E-state index is 0.599. The molecule has 1 aliphatic rings. The number of fused-ring (bicyclic) bond motifs is 1. The van der Waals surface area contributed by atoms with Crippen LogP contribution in [0.25, 0.3) is 10.9 Å². The lowest BCUT2D eigenvalue weighted by atomic mass is 9.97. The summed E-state index contributed by atoms with van der Waals surface area (Å²) in [5.74, 6) is 1.28. The summed E-state index contributed by atoms with van der Waals surface area (Å²) in [5, 5.41) is 5.89. The first-order chi connectivity index (χ1) is 10.3. The highest BCUT2D eigenvalue weighted by Crippen LogP contribution is 2.31. The largest absolute Gasteiger partial charge is 0.375 e. The van der Waals surface area contributed by atoms with Crippen LogP contribution in [0, 0.1) is 11.8 Å². The summed E-state index contributed by atoms with van der Waals surface area (Å²) in [6.45, 7) is 5.21. The van der Waals surface area contributed by atoms with Crippen molar-refractivity contribution in [2.45, 2.75) is 39.3 Å². The topological polar surface area (TPSA) is 53.1 Å². The van der Waals surface area contributed by atoms with Crippen molar-refractivity contribution >= 4 is 10.9 Å². The Labute approximate surface area is 126 Å². The van der Waals surface area contributed by atoms with Gasteiger partial charge in [0.1, 0.15) is 0 Å². The van der Waals surface area contributed by atoms with Gasteiger partial charge in [-0.25, -0.2) is 0 Å². The second kappa shape index (κ2) is 6.58. The maximum atomic E-state index is 5.97. The molecule has 0 radical (unpaired) electrons. The van der Waals surface area contributed by atoms with Crippen molar-refractivity contribution < 1.29 is 4.74 Å².